The van der Waals surface area contributed by atoms with Crippen LogP contribution in [0.3, 0.4) is 0 Å². The lowest BCUT2D eigenvalue weighted by atomic mass is 10.1. The lowest BCUT2D eigenvalue weighted by Gasteiger charge is -2.11. The van der Waals surface area contributed by atoms with E-state index in [-0.39, 0.29) is 23.0 Å². The van der Waals surface area contributed by atoms with Crippen molar-refractivity contribution in [3.05, 3.63) is 77.9 Å². The van der Waals surface area contributed by atoms with Crippen LogP contribution < -0.4 is 20.7 Å². The summed E-state index contributed by atoms with van der Waals surface area (Å²) < 4.78 is 20.1. The van der Waals surface area contributed by atoms with E-state index in [4.69, 9.17) is 4.74 Å². The highest BCUT2D eigenvalue weighted by Crippen LogP contribution is 2.26. The Kier molecular flexibility index (Phi) is 7.75. The van der Waals surface area contributed by atoms with E-state index in [9.17, 15) is 14.0 Å². The first-order valence-electron chi connectivity index (χ1n) is 10.3. The van der Waals surface area contributed by atoms with Crippen LogP contribution in [0, 0.1) is 5.82 Å². The Hall–Kier alpha value is -3.94. The van der Waals surface area contributed by atoms with Crippen LogP contribution in [-0.2, 0) is 6.42 Å². The first-order chi connectivity index (χ1) is 15.5. The third-order valence-electron chi connectivity index (χ3n) is 4.65. The SMILES string of the molecule is CCCCc1ccc(NC(=O)Nc2ccc(Oc3ccnc(C(=O)NC)c3)cc2F)cc1. The van der Waals surface area contributed by atoms with Crippen LogP contribution >= 0.6 is 0 Å². The summed E-state index contributed by atoms with van der Waals surface area (Å²) >= 11 is 0. The fourth-order valence-corrected chi connectivity index (χ4v) is 2.94. The number of hydrogen-bond acceptors (Lipinski definition) is 4. The van der Waals surface area contributed by atoms with Crippen LogP contribution in [0.5, 0.6) is 11.5 Å². The van der Waals surface area contributed by atoms with E-state index in [0.29, 0.717) is 11.4 Å². The molecule has 3 N–H and O–H groups in total. The van der Waals surface area contributed by atoms with Gasteiger partial charge >= 0.3 is 6.03 Å². The predicted molar refractivity (Wildman–Crippen MR) is 122 cm³/mol. The number of rotatable bonds is 8. The first kappa shape index (κ1) is 22.7. The largest absolute Gasteiger partial charge is 0.457 e. The summed E-state index contributed by atoms with van der Waals surface area (Å²) in [7, 11) is 1.50. The zero-order valence-corrected chi connectivity index (χ0v) is 17.9. The van der Waals surface area contributed by atoms with Crippen LogP contribution in [0.4, 0.5) is 20.6 Å². The average Bonchev–Trinajstić information content (AvgIpc) is 2.80. The molecule has 1 heterocycles. The minimum absolute atomic E-state index is 0.00944. The third kappa shape index (κ3) is 6.28. The highest BCUT2D eigenvalue weighted by atomic mass is 19.1. The van der Waals surface area contributed by atoms with Gasteiger partial charge in [-0.3, -0.25) is 9.78 Å². The van der Waals surface area contributed by atoms with Gasteiger partial charge in [0.25, 0.3) is 5.91 Å². The Morgan fingerprint density at radius 1 is 1.00 bits per heavy atom. The number of carbonyl (C=O) groups is 2. The van der Waals surface area contributed by atoms with Crippen molar-refractivity contribution in [2.75, 3.05) is 17.7 Å². The van der Waals surface area contributed by atoms with Gasteiger partial charge in [-0.25, -0.2) is 9.18 Å². The molecule has 0 aliphatic carbocycles. The van der Waals surface area contributed by atoms with E-state index in [1.807, 2.05) is 24.3 Å². The van der Waals surface area contributed by atoms with E-state index in [1.54, 1.807) is 6.07 Å². The molecule has 166 valence electrons. The summed E-state index contributed by atoms with van der Waals surface area (Å²) in [5.74, 6) is -0.472. The van der Waals surface area contributed by atoms with Crippen molar-refractivity contribution in [3.8, 4) is 11.5 Å². The second-order valence-corrected chi connectivity index (χ2v) is 7.08. The molecule has 0 saturated carbocycles. The van der Waals surface area contributed by atoms with E-state index in [1.165, 1.54) is 37.0 Å². The monoisotopic (exact) mass is 436 g/mol. The summed E-state index contributed by atoms with van der Waals surface area (Å²) in [6.07, 6.45) is 4.65. The van der Waals surface area contributed by atoms with Gasteiger partial charge in [-0.1, -0.05) is 25.5 Å². The van der Waals surface area contributed by atoms with Crippen molar-refractivity contribution in [2.45, 2.75) is 26.2 Å². The minimum atomic E-state index is -0.659. The molecule has 0 fully saturated rings. The van der Waals surface area contributed by atoms with E-state index >= 15 is 0 Å². The maximum absolute atomic E-state index is 14.5. The molecule has 8 heteroatoms. The number of benzene rings is 2. The number of halogens is 1. The summed E-state index contributed by atoms with van der Waals surface area (Å²) in [6.45, 7) is 2.14. The Balaban J connectivity index is 1.60. The molecule has 0 unspecified atom stereocenters. The lowest BCUT2D eigenvalue weighted by Crippen LogP contribution is -2.20. The normalized spacial score (nSPS) is 10.3. The minimum Gasteiger partial charge on any atom is -0.457 e. The molecule has 2 aromatic carbocycles. The van der Waals surface area contributed by atoms with Crippen LogP contribution in [0.15, 0.2) is 60.8 Å². The van der Waals surface area contributed by atoms with Crippen molar-refractivity contribution >= 4 is 23.3 Å². The molecule has 7 nitrogen and oxygen atoms in total. The molecule has 1 aromatic heterocycles. The molecular weight excluding hydrogens is 411 g/mol. The molecule has 0 atom stereocenters. The number of aromatic nitrogens is 1. The highest BCUT2D eigenvalue weighted by molar-refractivity contribution is 5.99. The molecule has 3 aromatic rings. The Morgan fingerprint density at radius 3 is 2.44 bits per heavy atom. The van der Waals surface area contributed by atoms with Crippen molar-refractivity contribution in [1.82, 2.24) is 10.3 Å². The maximum Gasteiger partial charge on any atom is 0.323 e. The predicted octanol–water partition coefficient (Wildman–Crippen LogP) is 5.36. The topological polar surface area (TPSA) is 92.3 Å². The second-order valence-electron chi connectivity index (χ2n) is 7.08. The summed E-state index contributed by atoms with van der Waals surface area (Å²) in [5.41, 5.74) is 2.01. The number of nitrogens with zero attached hydrogens (tertiary/aromatic N) is 1. The number of carbonyl (C=O) groups excluding carboxylic acids is 2. The van der Waals surface area contributed by atoms with Crippen LogP contribution in [-0.4, -0.2) is 24.0 Å². The number of unbranched alkanes of at least 4 members (excludes halogenated alkanes) is 1. The maximum atomic E-state index is 14.5. The Bertz CT molecular complexity index is 1090. The molecule has 0 bridgehead atoms. The first-order valence-corrected chi connectivity index (χ1v) is 10.3. The van der Waals surface area contributed by atoms with Crippen LogP contribution in [0.1, 0.15) is 35.8 Å². The van der Waals surface area contributed by atoms with E-state index in [0.717, 1.165) is 25.3 Å². The molecule has 3 amide bonds. The van der Waals surface area contributed by atoms with Gasteiger partial charge in [0.15, 0.2) is 0 Å². The van der Waals surface area contributed by atoms with E-state index in [2.05, 4.69) is 27.9 Å². The number of pyridine rings is 1. The Morgan fingerprint density at radius 2 is 1.75 bits per heavy atom. The van der Waals surface area contributed by atoms with Gasteiger partial charge in [0.1, 0.15) is 23.0 Å². The molecule has 0 aliphatic rings. The van der Waals surface area contributed by atoms with Gasteiger partial charge in [-0.05, 0) is 48.7 Å². The van der Waals surface area contributed by atoms with Crippen LogP contribution in [0.25, 0.3) is 0 Å². The number of anilines is 2. The van der Waals surface area contributed by atoms with Crippen LogP contribution in [0.2, 0.25) is 0 Å². The standard InChI is InChI=1S/C24H25FN4O3/c1-3-4-5-16-6-8-17(9-7-16)28-24(31)29-21-11-10-18(14-20(21)25)32-19-12-13-27-22(15-19)23(30)26-2/h6-15H,3-5H2,1-2H3,(H,26,30)(H2,28,29,31). The summed E-state index contributed by atoms with van der Waals surface area (Å²) in [6, 6.07) is 14.1. The third-order valence-corrected chi connectivity index (χ3v) is 4.65. The fraction of sp³-hybridized carbons (Fsp3) is 0.208. The number of amides is 3. The highest BCUT2D eigenvalue weighted by Gasteiger charge is 2.11. The van der Waals surface area contributed by atoms with Crippen molar-refractivity contribution in [3.63, 3.8) is 0 Å². The van der Waals surface area contributed by atoms with Gasteiger partial charge in [0.05, 0.1) is 5.69 Å². The quantitative estimate of drug-likeness (QED) is 0.443. The molecule has 0 saturated heterocycles. The number of nitrogens with one attached hydrogen (secondary N) is 3. The fourth-order valence-electron chi connectivity index (χ4n) is 2.94. The molecular formula is C24H25FN4O3. The van der Waals surface area contributed by atoms with Gasteiger partial charge < -0.3 is 20.7 Å². The number of urea groups is 1. The molecule has 3 rings (SSSR count). The molecule has 0 aliphatic heterocycles. The zero-order valence-electron chi connectivity index (χ0n) is 17.9. The van der Waals surface area contributed by atoms with Gasteiger partial charge in [0, 0.05) is 31.1 Å². The molecule has 0 radical (unpaired) electrons. The molecule has 0 spiro atoms. The number of aryl methyl sites for hydroxylation is 1. The van der Waals surface area contributed by atoms with Gasteiger partial charge in [-0.15, -0.1) is 0 Å². The van der Waals surface area contributed by atoms with Gasteiger partial charge in [-0.2, -0.15) is 0 Å². The zero-order chi connectivity index (χ0) is 22.9. The average molecular weight is 436 g/mol. The summed E-state index contributed by atoms with van der Waals surface area (Å²) in [5, 5.41) is 7.64. The van der Waals surface area contributed by atoms with Crippen molar-refractivity contribution in [1.29, 1.82) is 0 Å². The Labute approximate surface area is 186 Å². The van der Waals surface area contributed by atoms with Gasteiger partial charge in [0.2, 0.25) is 0 Å². The lowest BCUT2D eigenvalue weighted by molar-refractivity contribution is 0.0958. The number of ether oxygens (including phenoxy) is 1. The second kappa shape index (κ2) is 10.9. The van der Waals surface area contributed by atoms with Crippen molar-refractivity contribution < 1.29 is 18.7 Å². The smallest absolute Gasteiger partial charge is 0.323 e. The number of hydrogen-bond donors (Lipinski definition) is 3. The summed E-state index contributed by atoms with van der Waals surface area (Å²) in [4.78, 5) is 27.9. The molecule has 32 heavy (non-hydrogen) atoms. The van der Waals surface area contributed by atoms with E-state index < -0.39 is 11.8 Å². The van der Waals surface area contributed by atoms with Crippen molar-refractivity contribution in [2.24, 2.45) is 0 Å².